The molecule has 0 aromatic heterocycles. The largest absolute Gasteiger partial charge is 0.492 e. The van der Waals surface area contributed by atoms with Crippen LogP contribution in [0, 0.1) is 6.92 Å². The highest BCUT2D eigenvalue weighted by Crippen LogP contribution is 2.11. The highest BCUT2D eigenvalue weighted by Gasteiger charge is 2.01. The first-order valence-electron chi connectivity index (χ1n) is 5.71. The first-order chi connectivity index (χ1) is 7.58. The van der Waals surface area contributed by atoms with Gasteiger partial charge in [0.05, 0.1) is 0 Å². The molecule has 0 radical (unpaired) electrons. The number of aryl methyl sites for hydroxylation is 1. The number of rotatable bonds is 6. The summed E-state index contributed by atoms with van der Waals surface area (Å²) in [5.74, 6) is 0.939. The Morgan fingerprint density at radius 3 is 2.71 bits per heavy atom. The average Bonchev–Trinajstić information content (AvgIpc) is 2.16. The Balaban J connectivity index is 0.00000256. The van der Waals surface area contributed by atoms with E-state index < -0.39 is 0 Å². The van der Waals surface area contributed by atoms with Crippen LogP contribution in [0.5, 0.6) is 5.75 Å². The normalized spacial score (nSPS) is 12.1. The van der Waals surface area contributed by atoms with E-state index in [1.807, 2.05) is 25.1 Å². The van der Waals surface area contributed by atoms with Crippen molar-refractivity contribution in [2.45, 2.75) is 19.9 Å². The van der Waals surface area contributed by atoms with Crippen LogP contribution in [0.1, 0.15) is 12.5 Å². The van der Waals surface area contributed by atoms with E-state index >= 15 is 0 Å². The van der Waals surface area contributed by atoms with Crippen LogP contribution in [0.4, 0.5) is 0 Å². The fraction of sp³-hybridized carbons (Fsp3) is 0.538. The fourth-order valence-corrected chi connectivity index (χ4v) is 1.61. The maximum atomic E-state index is 5.71. The van der Waals surface area contributed by atoms with Crippen LogP contribution in [0.2, 0.25) is 0 Å². The molecule has 1 aromatic rings. The van der Waals surface area contributed by atoms with Crippen molar-refractivity contribution >= 4 is 12.4 Å². The lowest BCUT2D eigenvalue weighted by Gasteiger charge is -2.18. The number of ether oxygens (including phenoxy) is 1. The standard InChI is InChI=1S/C13H22N2O.ClH/c1-11-5-4-6-13(9-11)16-8-7-15(3)10-12(2)14;/h4-6,9,12H,7-8,10,14H2,1-3H3;1H. The Kier molecular flexibility index (Phi) is 7.96. The fourth-order valence-electron chi connectivity index (χ4n) is 1.61. The van der Waals surface area contributed by atoms with E-state index in [9.17, 15) is 0 Å². The number of hydrogen-bond acceptors (Lipinski definition) is 3. The van der Waals surface area contributed by atoms with Gasteiger partial charge in [0.25, 0.3) is 0 Å². The second-order valence-corrected chi connectivity index (χ2v) is 4.40. The molecule has 0 aliphatic carbocycles. The molecule has 2 N–H and O–H groups in total. The first-order valence-corrected chi connectivity index (χ1v) is 5.71. The molecule has 0 amide bonds. The minimum absolute atomic E-state index is 0. The summed E-state index contributed by atoms with van der Waals surface area (Å²) in [7, 11) is 2.06. The van der Waals surface area contributed by atoms with Crippen LogP contribution in [-0.2, 0) is 0 Å². The van der Waals surface area contributed by atoms with Crippen molar-refractivity contribution in [3.63, 3.8) is 0 Å². The summed E-state index contributed by atoms with van der Waals surface area (Å²) in [6, 6.07) is 8.32. The summed E-state index contributed by atoms with van der Waals surface area (Å²) in [5, 5.41) is 0. The SMILES string of the molecule is Cc1cccc(OCCN(C)CC(C)N)c1.Cl. The van der Waals surface area contributed by atoms with Crippen molar-refractivity contribution in [2.24, 2.45) is 5.73 Å². The quantitative estimate of drug-likeness (QED) is 0.849. The Hall–Kier alpha value is -0.770. The Morgan fingerprint density at radius 1 is 1.41 bits per heavy atom. The Labute approximate surface area is 110 Å². The molecule has 0 heterocycles. The molecule has 0 saturated heterocycles. The third-order valence-electron chi connectivity index (χ3n) is 2.33. The van der Waals surface area contributed by atoms with Gasteiger partial charge in [0.2, 0.25) is 0 Å². The lowest BCUT2D eigenvalue weighted by atomic mass is 10.2. The lowest BCUT2D eigenvalue weighted by molar-refractivity contribution is 0.231. The van der Waals surface area contributed by atoms with Crippen LogP contribution < -0.4 is 10.5 Å². The third kappa shape index (κ3) is 7.21. The van der Waals surface area contributed by atoms with E-state index in [-0.39, 0.29) is 18.4 Å². The Morgan fingerprint density at radius 2 is 2.12 bits per heavy atom. The minimum atomic E-state index is 0. The molecule has 1 unspecified atom stereocenters. The van der Waals surface area contributed by atoms with Crippen LogP contribution >= 0.6 is 12.4 Å². The second-order valence-electron chi connectivity index (χ2n) is 4.40. The van der Waals surface area contributed by atoms with Gasteiger partial charge in [-0.1, -0.05) is 12.1 Å². The summed E-state index contributed by atoms with van der Waals surface area (Å²) in [6.45, 7) is 6.58. The van der Waals surface area contributed by atoms with Crippen LogP contribution in [-0.4, -0.2) is 37.7 Å². The van der Waals surface area contributed by atoms with Crippen molar-refractivity contribution in [3.8, 4) is 5.75 Å². The van der Waals surface area contributed by atoms with Crippen LogP contribution in [0.15, 0.2) is 24.3 Å². The smallest absolute Gasteiger partial charge is 0.119 e. The van der Waals surface area contributed by atoms with E-state index in [4.69, 9.17) is 10.5 Å². The molecule has 1 atom stereocenters. The predicted molar refractivity (Wildman–Crippen MR) is 75.1 cm³/mol. The monoisotopic (exact) mass is 258 g/mol. The molecule has 0 spiro atoms. The molecule has 4 heteroatoms. The van der Waals surface area contributed by atoms with Crippen molar-refractivity contribution in [1.82, 2.24) is 4.90 Å². The molecule has 0 fully saturated rings. The summed E-state index contributed by atoms with van der Waals surface area (Å²) in [6.07, 6.45) is 0. The van der Waals surface area contributed by atoms with Crippen molar-refractivity contribution < 1.29 is 4.74 Å². The number of benzene rings is 1. The van der Waals surface area contributed by atoms with Gasteiger partial charge in [-0.2, -0.15) is 0 Å². The summed E-state index contributed by atoms with van der Waals surface area (Å²) < 4.78 is 5.66. The molecular weight excluding hydrogens is 236 g/mol. The highest BCUT2D eigenvalue weighted by molar-refractivity contribution is 5.85. The van der Waals surface area contributed by atoms with Gasteiger partial charge in [-0.15, -0.1) is 12.4 Å². The van der Waals surface area contributed by atoms with Gasteiger partial charge < -0.3 is 15.4 Å². The zero-order valence-electron chi connectivity index (χ0n) is 10.8. The summed E-state index contributed by atoms with van der Waals surface area (Å²) >= 11 is 0. The molecule has 0 saturated carbocycles. The molecule has 17 heavy (non-hydrogen) atoms. The molecule has 3 nitrogen and oxygen atoms in total. The number of nitrogens with zero attached hydrogens (tertiary/aromatic N) is 1. The third-order valence-corrected chi connectivity index (χ3v) is 2.33. The Bertz CT molecular complexity index is 318. The number of halogens is 1. The zero-order valence-corrected chi connectivity index (χ0v) is 11.7. The van der Waals surface area contributed by atoms with Crippen molar-refractivity contribution in [2.75, 3.05) is 26.7 Å². The van der Waals surface area contributed by atoms with Gasteiger partial charge in [0.15, 0.2) is 0 Å². The zero-order chi connectivity index (χ0) is 12.0. The van der Waals surface area contributed by atoms with Gasteiger partial charge in [-0.25, -0.2) is 0 Å². The van der Waals surface area contributed by atoms with Gasteiger partial charge in [0.1, 0.15) is 12.4 Å². The average molecular weight is 259 g/mol. The first kappa shape index (κ1) is 16.2. The molecule has 98 valence electrons. The van der Waals surface area contributed by atoms with Crippen molar-refractivity contribution in [1.29, 1.82) is 0 Å². The topological polar surface area (TPSA) is 38.5 Å². The lowest BCUT2D eigenvalue weighted by Crippen LogP contribution is -2.35. The summed E-state index contributed by atoms with van der Waals surface area (Å²) in [5.41, 5.74) is 6.94. The van der Waals surface area contributed by atoms with Gasteiger partial charge in [-0.05, 0) is 38.6 Å². The van der Waals surface area contributed by atoms with E-state index in [1.165, 1.54) is 5.56 Å². The van der Waals surface area contributed by atoms with Crippen molar-refractivity contribution in [3.05, 3.63) is 29.8 Å². The van der Waals surface area contributed by atoms with Gasteiger partial charge in [0, 0.05) is 19.1 Å². The number of likely N-dealkylation sites (N-methyl/N-ethyl adjacent to an activating group) is 1. The van der Waals surface area contributed by atoms with Crippen LogP contribution in [0.25, 0.3) is 0 Å². The molecule has 0 aliphatic rings. The van der Waals surface area contributed by atoms with Crippen LogP contribution in [0.3, 0.4) is 0 Å². The minimum Gasteiger partial charge on any atom is -0.492 e. The molecule has 1 aromatic carbocycles. The molecule has 1 rings (SSSR count). The van der Waals surface area contributed by atoms with E-state index in [0.717, 1.165) is 18.8 Å². The number of nitrogens with two attached hydrogens (primary N) is 1. The highest BCUT2D eigenvalue weighted by atomic mass is 35.5. The summed E-state index contributed by atoms with van der Waals surface area (Å²) in [4.78, 5) is 2.18. The molecule has 0 aliphatic heterocycles. The predicted octanol–water partition coefficient (Wildman–Crippen LogP) is 2.07. The maximum Gasteiger partial charge on any atom is 0.119 e. The van der Waals surface area contributed by atoms with E-state index in [0.29, 0.717) is 6.61 Å². The van der Waals surface area contributed by atoms with E-state index in [2.05, 4.69) is 24.9 Å². The van der Waals surface area contributed by atoms with Gasteiger partial charge in [-0.3, -0.25) is 0 Å². The van der Waals surface area contributed by atoms with Gasteiger partial charge >= 0.3 is 0 Å². The molecular formula is C13H23ClN2O. The van der Waals surface area contributed by atoms with E-state index in [1.54, 1.807) is 0 Å². The maximum absolute atomic E-state index is 5.71. The second kappa shape index (κ2) is 8.34. The molecule has 0 bridgehead atoms. The number of hydrogen-bond donors (Lipinski definition) is 1.